The summed E-state index contributed by atoms with van der Waals surface area (Å²) in [5.74, 6) is 2.44. The van der Waals surface area contributed by atoms with E-state index in [-0.39, 0.29) is 23.7 Å². The summed E-state index contributed by atoms with van der Waals surface area (Å²) < 4.78 is 5.37. The zero-order chi connectivity index (χ0) is 22.4. The van der Waals surface area contributed by atoms with E-state index in [1.807, 2.05) is 12.1 Å². The number of methoxy groups -OCH3 is 1. The van der Waals surface area contributed by atoms with Crippen LogP contribution in [0.2, 0.25) is 0 Å². The van der Waals surface area contributed by atoms with E-state index in [2.05, 4.69) is 32.2 Å². The lowest BCUT2D eigenvalue weighted by Crippen LogP contribution is -2.30. The highest BCUT2D eigenvalue weighted by Gasteiger charge is 2.28. The number of ketones is 1. The number of aliphatic imine (C=N–C) groups is 1. The molecule has 0 spiro atoms. The maximum Gasteiger partial charge on any atom is 0.251 e. The topological polar surface area (TPSA) is 67.8 Å². The van der Waals surface area contributed by atoms with Gasteiger partial charge in [-0.05, 0) is 55.9 Å². The molecule has 0 aliphatic carbocycles. The van der Waals surface area contributed by atoms with Crippen LogP contribution in [-0.2, 0) is 6.42 Å². The summed E-state index contributed by atoms with van der Waals surface area (Å²) in [6, 6.07) is 12.9. The maximum absolute atomic E-state index is 13.1. The van der Waals surface area contributed by atoms with Crippen molar-refractivity contribution in [3.8, 4) is 5.75 Å². The van der Waals surface area contributed by atoms with Crippen LogP contribution in [0, 0.1) is 0 Å². The van der Waals surface area contributed by atoms with Gasteiger partial charge in [0.05, 0.1) is 24.8 Å². The van der Waals surface area contributed by atoms with Crippen LogP contribution in [0.5, 0.6) is 5.75 Å². The lowest BCUT2D eigenvalue weighted by atomic mass is 9.85. The van der Waals surface area contributed by atoms with Crippen molar-refractivity contribution in [3.05, 3.63) is 64.7 Å². The summed E-state index contributed by atoms with van der Waals surface area (Å²) in [6.45, 7) is 6.85. The summed E-state index contributed by atoms with van der Waals surface area (Å²) >= 11 is 1.78. The van der Waals surface area contributed by atoms with Crippen molar-refractivity contribution >= 4 is 29.2 Å². The Kier molecular flexibility index (Phi) is 7.55. The molecule has 6 heteroatoms. The second kappa shape index (κ2) is 10.1. The number of nitrogens with zero attached hydrogens (tertiary/aromatic N) is 1. The molecule has 164 valence electrons. The van der Waals surface area contributed by atoms with Crippen molar-refractivity contribution < 1.29 is 14.3 Å². The fraction of sp³-hybridized carbons (Fsp3) is 0.400. The molecule has 1 aliphatic heterocycles. The predicted octanol–water partition coefficient (Wildman–Crippen LogP) is 4.57. The minimum absolute atomic E-state index is 0.0543. The van der Waals surface area contributed by atoms with Gasteiger partial charge in [-0.1, -0.05) is 25.1 Å². The minimum Gasteiger partial charge on any atom is -0.497 e. The number of carbonyl (C=O) groups excluding carboxylic acids is 2. The standard InChI is InChI=1S/C25H30N2O3S/c1-5-31-12-11-26-24(29)18-8-6-7-17(13-18)23(28)15-22-21-14-20(30-4)10-9-19(21)16-25(2,3)27-22/h6-10,13-14H,5,11-12,15-16H2,1-4H3,(H,26,29). The average Bonchev–Trinajstić information content (AvgIpc) is 2.75. The van der Waals surface area contributed by atoms with E-state index in [0.29, 0.717) is 17.7 Å². The molecule has 1 aliphatic rings. The first-order chi connectivity index (χ1) is 14.8. The van der Waals surface area contributed by atoms with Crippen LogP contribution >= 0.6 is 11.8 Å². The van der Waals surface area contributed by atoms with Gasteiger partial charge in [0, 0.05) is 29.0 Å². The Hall–Kier alpha value is -2.60. The smallest absolute Gasteiger partial charge is 0.251 e. The maximum atomic E-state index is 13.1. The molecular formula is C25H30N2O3S. The fourth-order valence-corrected chi connectivity index (χ4v) is 4.28. The molecule has 5 nitrogen and oxygen atoms in total. The number of carbonyl (C=O) groups is 2. The number of Topliss-reactive ketones (excluding diaryl/α,β-unsaturated/α-hetero) is 1. The van der Waals surface area contributed by atoms with E-state index in [1.54, 1.807) is 43.1 Å². The Morgan fingerprint density at radius 3 is 2.68 bits per heavy atom. The molecule has 3 rings (SSSR count). The Morgan fingerprint density at radius 1 is 1.16 bits per heavy atom. The number of nitrogens with one attached hydrogen (secondary N) is 1. The second-order valence-corrected chi connectivity index (χ2v) is 9.60. The Balaban J connectivity index is 1.78. The summed E-state index contributed by atoms with van der Waals surface area (Å²) in [6.07, 6.45) is 0.998. The number of fused-ring (bicyclic) bond motifs is 1. The Morgan fingerprint density at radius 2 is 1.94 bits per heavy atom. The molecule has 2 aromatic rings. The van der Waals surface area contributed by atoms with Crippen LogP contribution in [0.3, 0.4) is 0 Å². The Labute approximate surface area is 188 Å². The van der Waals surface area contributed by atoms with E-state index >= 15 is 0 Å². The van der Waals surface area contributed by atoms with Gasteiger partial charge in [0.15, 0.2) is 5.78 Å². The monoisotopic (exact) mass is 438 g/mol. The number of hydrogen-bond acceptors (Lipinski definition) is 5. The summed E-state index contributed by atoms with van der Waals surface area (Å²) in [4.78, 5) is 30.4. The molecule has 0 radical (unpaired) electrons. The number of benzene rings is 2. The molecule has 0 atom stereocenters. The van der Waals surface area contributed by atoms with E-state index in [0.717, 1.165) is 35.0 Å². The first-order valence-electron chi connectivity index (χ1n) is 10.6. The van der Waals surface area contributed by atoms with Crippen LogP contribution in [0.1, 0.15) is 59.0 Å². The van der Waals surface area contributed by atoms with Crippen LogP contribution in [0.4, 0.5) is 0 Å². The lowest BCUT2D eigenvalue weighted by molar-refractivity contribution is 0.0956. The van der Waals surface area contributed by atoms with E-state index in [4.69, 9.17) is 9.73 Å². The van der Waals surface area contributed by atoms with Gasteiger partial charge in [-0.2, -0.15) is 11.8 Å². The molecule has 0 aromatic heterocycles. The fourth-order valence-electron chi connectivity index (χ4n) is 3.74. The molecule has 0 unspecified atom stereocenters. The second-order valence-electron chi connectivity index (χ2n) is 8.20. The molecular weight excluding hydrogens is 408 g/mol. The first-order valence-corrected chi connectivity index (χ1v) is 11.7. The normalized spacial score (nSPS) is 14.4. The first kappa shape index (κ1) is 23.1. The van der Waals surface area contributed by atoms with Gasteiger partial charge in [0.2, 0.25) is 0 Å². The third-order valence-electron chi connectivity index (χ3n) is 5.20. The van der Waals surface area contributed by atoms with Gasteiger partial charge >= 0.3 is 0 Å². The van der Waals surface area contributed by atoms with Crippen molar-refractivity contribution in [1.82, 2.24) is 5.32 Å². The van der Waals surface area contributed by atoms with Crippen molar-refractivity contribution in [2.45, 2.75) is 39.2 Å². The zero-order valence-electron chi connectivity index (χ0n) is 18.7. The van der Waals surface area contributed by atoms with Crippen LogP contribution in [-0.4, -0.2) is 48.1 Å². The molecule has 0 fully saturated rings. The average molecular weight is 439 g/mol. The molecule has 1 amide bonds. The summed E-state index contributed by atoms with van der Waals surface area (Å²) in [5, 5.41) is 2.91. The highest BCUT2D eigenvalue weighted by molar-refractivity contribution is 7.99. The third kappa shape index (κ3) is 5.97. The van der Waals surface area contributed by atoms with Gasteiger partial charge in [-0.25, -0.2) is 0 Å². The SMILES string of the molecule is CCSCCNC(=O)c1cccc(C(=O)CC2=NC(C)(C)Cc3ccc(OC)cc32)c1. The summed E-state index contributed by atoms with van der Waals surface area (Å²) in [5.41, 5.74) is 3.65. The van der Waals surface area contributed by atoms with Gasteiger partial charge in [0.1, 0.15) is 5.75 Å². The van der Waals surface area contributed by atoms with Crippen molar-refractivity contribution in [2.24, 2.45) is 4.99 Å². The van der Waals surface area contributed by atoms with Crippen molar-refractivity contribution in [2.75, 3.05) is 25.2 Å². The van der Waals surface area contributed by atoms with Crippen LogP contribution in [0.15, 0.2) is 47.5 Å². The van der Waals surface area contributed by atoms with Crippen LogP contribution in [0.25, 0.3) is 0 Å². The number of rotatable bonds is 9. The lowest BCUT2D eigenvalue weighted by Gasteiger charge is -2.29. The van der Waals surface area contributed by atoms with Crippen molar-refractivity contribution in [3.63, 3.8) is 0 Å². The van der Waals surface area contributed by atoms with Gasteiger partial charge in [-0.15, -0.1) is 0 Å². The third-order valence-corrected chi connectivity index (χ3v) is 6.10. The molecule has 0 bridgehead atoms. The Bertz CT molecular complexity index is 998. The van der Waals surface area contributed by atoms with Crippen LogP contribution < -0.4 is 10.1 Å². The van der Waals surface area contributed by atoms with Crippen molar-refractivity contribution in [1.29, 1.82) is 0 Å². The minimum atomic E-state index is -0.268. The molecule has 2 aromatic carbocycles. The van der Waals surface area contributed by atoms with Gasteiger partial charge < -0.3 is 10.1 Å². The van der Waals surface area contributed by atoms with E-state index < -0.39 is 0 Å². The van der Waals surface area contributed by atoms with E-state index in [1.165, 1.54) is 5.56 Å². The number of ether oxygens (including phenoxy) is 1. The quantitative estimate of drug-likeness (QED) is 0.460. The molecule has 1 heterocycles. The highest BCUT2D eigenvalue weighted by Crippen LogP contribution is 2.31. The molecule has 0 saturated carbocycles. The zero-order valence-corrected chi connectivity index (χ0v) is 19.5. The molecule has 0 saturated heterocycles. The molecule has 1 N–H and O–H groups in total. The summed E-state index contributed by atoms with van der Waals surface area (Å²) in [7, 11) is 1.63. The highest BCUT2D eigenvalue weighted by atomic mass is 32.2. The predicted molar refractivity (Wildman–Crippen MR) is 128 cm³/mol. The largest absolute Gasteiger partial charge is 0.497 e. The number of amides is 1. The van der Waals surface area contributed by atoms with Gasteiger partial charge in [0.25, 0.3) is 5.91 Å². The number of hydrogen-bond donors (Lipinski definition) is 1. The van der Waals surface area contributed by atoms with Gasteiger partial charge in [-0.3, -0.25) is 14.6 Å². The number of thioether (sulfide) groups is 1. The van der Waals surface area contributed by atoms with E-state index in [9.17, 15) is 9.59 Å². The molecule has 31 heavy (non-hydrogen) atoms.